The van der Waals surface area contributed by atoms with Crippen molar-refractivity contribution in [1.29, 1.82) is 0 Å². The molecule has 0 bridgehead atoms. The van der Waals surface area contributed by atoms with E-state index in [4.69, 9.17) is 35.1 Å². The maximum atomic E-state index is 5.84. The molecule has 2 N–H and O–H groups in total. The second-order valence-electron chi connectivity index (χ2n) is 10.4. The summed E-state index contributed by atoms with van der Waals surface area (Å²) in [6.45, 7) is 2.51. The van der Waals surface area contributed by atoms with Crippen molar-refractivity contribution in [1.82, 2.24) is 10.6 Å². The van der Waals surface area contributed by atoms with Gasteiger partial charge in [0.2, 0.25) is 0 Å². The Labute approximate surface area is 327 Å². The van der Waals surface area contributed by atoms with Crippen LogP contribution in [0.5, 0.6) is 5.75 Å². The molecule has 0 aliphatic rings. The van der Waals surface area contributed by atoms with E-state index in [2.05, 4.69) is 98.7 Å². The Bertz CT molecular complexity index is 1790. The smallest absolute Gasteiger partial charge is 1.00 e. The van der Waals surface area contributed by atoms with Gasteiger partial charge in [-0.25, -0.2) is 0 Å². The van der Waals surface area contributed by atoms with Crippen LogP contribution in [0.1, 0.15) is 18.1 Å². The molecule has 0 heterocycles. The van der Waals surface area contributed by atoms with Gasteiger partial charge >= 0.3 is 17.1 Å². The van der Waals surface area contributed by atoms with Crippen LogP contribution < -0.4 is 48.3 Å². The molecular formula is C38H36BrCuN6OPS2. The van der Waals surface area contributed by atoms with Crippen LogP contribution in [-0.4, -0.2) is 41.7 Å². The van der Waals surface area contributed by atoms with Crippen molar-refractivity contribution in [2.45, 2.75) is 6.92 Å². The van der Waals surface area contributed by atoms with Gasteiger partial charge in [-0.1, -0.05) is 84.9 Å². The van der Waals surface area contributed by atoms with E-state index in [-0.39, 0.29) is 44.4 Å². The van der Waals surface area contributed by atoms with Crippen LogP contribution in [0.25, 0.3) is 0 Å². The Balaban J connectivity index is 0.00000338. The van der Waals surface area contributed by atoms with Crippen molar-refractivity contribution in [3.8, 4) is 5.75 Å². The van der Waals surface area contributed by atoms with Gasteiger partial charge in [-0.15, -0.1) is 10.2 Å². The Hall–Kier alpha value is -3.95. The zero-order valence-corrected chi connectivity index (χ0v) is 32.5. The molecule has 0 aliphatic carbocycles. The summed E-state index contributed by atoms with van der Waals surface area (Å²) in [4.78, 5) is 0. The fourth-order valence-electron chi connectivity index (χ4n) is 5.19. The first kappa shape index (κ1) is 40.5. The molecule has 0 unspecified atom stereocenters. The molecule has 12 heteroatoms. The summed E-state index contributed by atoms with van der Waals surface area (Å²) >= 11 is 11.1. The van der Waals surface area contributed by atoms with E-state index in [0.717, 1.165) is 16.9 Å². The number of halogens is 1. The van der Waals surface area contributed by atoms with Gasteiger partial charge in [-0.05, 0) is 72.8 Å². The Morgan fingerprint density at radius 3 is 1.40 bits per heavy atom. The molecule has 0 saturated carbocycles. The average molecular weight is 831 g/mol. The standard InChI is InChI=1S/C38H37N6OPS2.BrH.Cu/c1-3-45-31-26-24-30(25-27-31)36(41-43-37(47)39-2)35(29-16-8-4-9-17-29)42-44-38(48)40-28-46(32-18-10-5-11-19-32,33-20-12-6-13-21-33)34-22-14-7-15-23-34;;/h4-27H,3,28H2,1-2H3,(H3-,39,40,41,42,43,44,47,48);1H;/q;;+2/p-2. The first-order valence-electron chi connectivity index (χ1n) is 15.5. The Morgan fingerprint density at radius 1 is 0.580 bits per heavy atom. The summed E-state index contributed by atoms with van der Waals surface area (Å²) in [5.74, 6) is 0.749. The van der Waals surface area contributed by atoms with Crippen molar-refractivity contribution in [3.63, 3.8) is 0 Å². The summed E-state index contributed by atoms with van der Waals surface area (Å²) in [6.07, 6.45) is 0.551. The summed E-state index contributed by atoms with van der Waals surface area (Å²) in [5, 5.41) is 28.6. The first-order valence-corrected chi connectivity index (χ1v) is 18.2. The van der Waals surface area contributed by atoms with Gasteiger partial charge in [-0.2, -0.15) is 10.2 Å². The summed E-state index contributed by atoms with van der Waals surface area (Å²) in [7, 11) is -0.493. The minimum Gasteiger partial charge on any atom is -1.00 e. The monoisotopic (exact) mass is 829 g/mol. The number of hydrogen-bond acceptors (Lipinski definition) is 7. The number of benzene rings is 5. The molecule has 0 amide bonds. The van der Waals surface area contributed by atoms with E-state index in [9.17, 15) is 0 Å². The predicted molar refractivity (Wildman–Crippen MR) is 209 cm³/mol. The minimum atomic E-state index is -2.19. The van der Waals surface area contributed by atoms with Crippen molar-refractivity contribution in [2.75, 3.05) is 19.9 Å². The van der Waals surface area contributed by atoms with Crippen LogP contribution in [-0.2, 0) is 42.3 Å². The van der Waals surface area contributed by atoms with Crippen LogP contribution in [0.4, 0.5) is 0 Å². The molecule has 0 atom stereocenters. The van der Waals surface area contributed by atoms with Crippen molar-refractivity contribution in [2.24, 2.45) is 20.4 Å². The van der Waals surface area contributed by atoms with Crippen molar-refractivity contribution >= 4 is 70.2 Å². The van der Waals surface area contributed by atoms with Crippen LogP contribution in [0.3, 0.4) is 0 Å². The zero-order valence-electron chi connectivity index (χ0n) is 27.4. The van der Waals surface area contributed by atoms with Gasteiger partial charge in [0.1, 0.15) is 46.6 Å². The molecule has 0 spiro atoms. The fourth-order valence-corrected chi connectivity index (χ4v) is 9.32. The largest absolute Gasteiger partial charge is 2.00 e. The molecule has 1 radical (unpaired) electrons. The number of nitrogens with zero attached hydrogens (tertiary/aromatic N) is 4. The molecule has 259 valence electrons. The summed E-state index contributed by atoms with van der Waals surface area (Å²) in [5.41, 5.74) is 2.52. The summed E-state index contributed by atoms with van der Waals surface area (Å²) < 4.78 is 5.66. The average Bonchev–Trinajstić information content (AvgIpc) is 3.15. The number of ether oxygens (including phenoxy) is 1. The molecule has 5 rings (SSSR count). The van der Waals surface area contributed by atoms with Gasteiger partial charge in [0.05, 0.1) is 6.61 Å². The molecule has 0 aromatic heterocycles. The molecule has 0 aliphatic heterocycles. The van der Waals surface area contributed by atoms with E-state index in [1.54, 1.807) is 7.05 Å². The summed E-state index contributed by atoms with van der Waals surface area (Å²) in [6, 6.07) is 49.1. The molecule has 5 aromatic carbocycles. The van der Waals surface area contributed by atoms with Crippen LogP contribution in [0, 0.1) is 0 Å². The van der Waals surface area contributed by atoms with Crippen LogP contribution >= 0.6 is 7.26 Å². The second-order valence-corrected chi connectivity index (χ2v) is 14.7. The first-order chi connectivity index (χ1) is 23.5. The fraction of sp³-hybridized carbons (Fsp3) is 0.105. The molecule has 0 fully saturated rings. The third kappa shape index (κ3) is 10.3. The third-order valence-electron chi connectivity index (χ3n) is 7.46. The quantitative estimate of drug-likeness (QED) is 0.0506. The normalized spacial score (nSPS) is 12.3. The van der Waals surface area contributed by atoms with E-state index >= 15 is 0 Å². The predicted octanol–water partition coefficient (Wildman–Crippen LogP) is 2.76. The van der Waals surface area contributed by atoms with Crippen molar-refractivity contribution in [3.05, 3.63) is 157 Å². The van der Waals surface area contributed by atoms with E-state index in [1.165, 1.54) is 15.9 Å². The molecule has 0 saturated heterocycles. The minimum absolute atomic E-state index is 0. The van der Waals surface area contributed by atoms with Gasteiger partial charge in [-0.3, -0.25) is 0 Å². The van der Waals surface area contributed by atoms with E-state index < -0.39 is 7.26 Å². The second kappa shape index (κ2) is 20.7. The molecule has 50 heavy (non-hydrogen) atoms. The van der Waals surface area contributed by atoms with E-state index in [1.807, 2.05) is 79.7 Å². The van der Waals surface area contributed by atoms with Gasteiger partial charge in [0.25, 0.3) is 0 Å². The topological polar surface area (TPSA) is 82.7 Å². The zero-order chi connectivity index (χ0) is 33.6. The Morgan fingerprint density at radius 2 is 0.980 bits per heavy atom. The van der Waals surface area contributed by atoms with Crippen molar-refractivity contribution < 1.29 is 38.8 Å². The Kier molecular flexibility index (Phi) is 16.7. The van der Waals surface area contributed by atoms with Gasteiger partial charge < -0.3 is 57.6 Å². The van der Waals surface area contributed by atoms with Gasteiger partial charge in [0.15, 0.2) is 0 Å². The molecule has 5 aromatic rings. The molecule has 7 nitrogen and oxygen atoms in total. The maximum absolute atomic E-state index is 5.84. The number of amidine groups is 2. The number of nitrogens with one attached hydrogen (secondary N) is 2. The molecular weight excluding hydrogens is 795 g/mol. The van der Waals surface area contributed by atoms with Crippen LogP contribution in [0.2, 0.25) is 0 Å². The van der Waals surface area contributed by atoms with Crippen LogP contribution in [0.15, 0.2) is 166 Å². The number of hydrogen-bond donors (Lipinski definition) is 2. The SMILES string of the molecule is CCOc1ccc(C(=NN=C([S-])NC)C(=NN=C([S-])NC[P+](c2ccccc2)(c2ccccc2)c2ccccc2)c2ccccc2)cc1.[Br-].[Cu+2]. The third-order valence-corrected chi connectivity index (χ3v) is 12.1. The van der Waals surface area contributed by atoms with E-state index in [0.29, 0.717) is 24.3 Å². The number of rotatable bonds is 12. The van der Waals surface area contributed by atoms with Gasteiger partial charge in [0, 0.05) is 23.3 Å². The maximum Gasteiger partial charge on any atom is 2.00 e.